The number of ether oxygens (including phenoxy) is 2. The van der Waals surface area contributed by atoms with E-state index < -0.39 is 0 Å². The first kappa shape index (κ1) is 24.3. The maximum Gasteiger partial charge on any atom is 0.338 e. The molecule has 0 aliphatic rings. The molecule has 33 heavy (non-hydrogen) atoms. The molecule has 9 heteroatoms. The smallest absolute Gasteiger partial charge is 0.338 e. The van der Waals surface area contributed by atoms with Crippen molar-refractivity contribution in [3.63, 3.8) is 0 Å². The lowest BCUT2D eigenvalue weighted by Gasteiger charge is -2.11. The highest BCUT2D eigenvalue weighted by molar-refractivity contribution is 7.99. The molecule has 0 radical (unpaired) electrons. The summed E-state index contributed by atoms with van der Waals surface area (Å²) in [7, 11) is 0. The standard InChI is InChI=1S/C24H28N4O4S/c1-5-28-21(14-32-20-13-16(3)7-8-17(20)4)26-27-24(28)33-15-22(29)25-19-11-9-18(10-12-19)23(30)31-6-2/h7-13H,5-6,14-15H2,1-4H3,(H,25,29). The van der Waals surface area contributed by atoms with Gasteiger partial charge in [-0.15, -0.1) is 10.2 Å². The first-order valence-corrected chi connectivity index (χ1v) is 11.7. The van der Waals surface area contributed by atoms with Crippen LogP contribution in [0.4, 0.5) is 5.69 Å². The third-order valence-corrected chi connectivity index (χ3v) is 5.79. The molecule has 3 aromatic rings. The largest absolute Gasteiger partial charge is 0.485 e. The number of nitrogens with zero attached hydrogens (tertiary/aromatic N) is 3. The number of nitrogens with one attached hydrogen (secondary N) is 1. The van der Waals surface area contributed by atoms with Crippen molar-refractivity contribution >= 4 is 29.3 Å². The quantitative estimate of drug-likeness (QED) is 0.348. The molecule has 2 aromatic carbocycles. The summed E-state index contributed by atoms with van der Waals surface area (Å²) in [4.78, 5) is 24.1. The minimum atomic E-state index is -0.387. The fourth-order valence-corrected chi connectivity index (χ4v) is 3.91. The van der Waals surface area contributed by atoms with Crippen molar-refractivity contribution < 1.29 is 19.1 Å². The molecular formula is C24H28N4O4S. The average Bonchev–Trinajstić information content (AvgIpc) is 3.20. The second-order valence-electron chi connectivity index (χ2n) is 7.34. The monoisotopic (exact) mass is 468 g/mol. The van der Waals surface area contributed by atoms with Crippen molar-refractivity contribution in [3.05, 3.63) is 65.0 Å². The topological polar surface area (TPSA) is 95.3 Å². The van der Waals surface area contributed by atoms with Crippen molar-refractivity contribution in [2.45, 2.75) is 46.0 Å². The second kappa shape index (κ2) is 11.5. The van der Waals surface area contributed by atoms with Gasteiger partial charge in [0.2, 0.25) is 5.91 Å². The molecule has 3 rings (SSSR count). The number of aryl methyl sites for hydroxylation is 2. The molecule has 0 spiro atoms. The third kappa shape index (κ3) is 6.58. The van der Waals surface area contributed by atoms with Crippen LogP contribution in [0.15, 0.2) is 47.6 Å². The molecule has 0 fully saturated rings. The van der Waals surface area contributed by atoms with Gasteiger partial charge >= 0.3 is 5.97 Å². The molecule has 0 aliphatic carbocycles. The van der Waals surface area contributed by atoms with E-state index in [-0.39, 0.29) is 17.6 Å². The Labute approximate surface area is 197 Å². The molecule has 0 saturated carbocycles. The SMILES string of the molecule is CCOC(=O)c1ccc(NC(=O)CSc2nnc(COc3cc(C)ccc3C)n2CC)cc1. The van der Waals surface area contributed by atoms with Crippen molar-refractivity contribution in [3.8, 4) is 5.75 Å². The number of aromatic nitrogens is 3. The maximum absolute atomic E-state index is 12.4. The molecule has 1 heterocycles. The summed E-state index contributed by atoms with van der Waals surface area (Å²) in [6.45, 7) is 9.06. The number of amides is 1. The molecule has 0 atom stereocenters. The van der Waals surface area contributed by atoms with Gasteiger partial charge in [0.15, 0.2) is 11.0 Å². The second-order valence-corrected chi connectivity index (χ2v) is 8.28. The minimum Gasteiger partial charge on any atom is -0.485 e. The zero-order valence-corrected chi connectivity index (χ0v) is 20.1. The van der Waals surface area contributed by atoms with Gasteiger partial charge in [-0.2, -0.15) is 0 Å². The molecule has 0 bridgehead atoms. The Kier molecular flexibility index (Phi) is 8.48. The Hall–Kier alpha value is -3.33. The Balaban J connectivity index is 1.55. The number of hydrogen-bond acceptors (Lipinski definition) is 7. The number of thioether (sulfide) groups is 1. The predicted molar refractivity (Wildman–Crippen MR) is 128 cm³/mol. The molecule has 1 amide bonds. The Morgan fingerprint density at radius 3 is 2.52 bits per heavy atom. The highest BCUT2D eigenvalue weighted by Crippen LogP contribution is 2.22. The van der Waals surface area contributed by atoms with Gasteiger partial charge in [0, 0.05) is 12.2 Å². The number of carbonyl (C=O) groups is 2. The van der Waals surface area contributed by atoms with Gasteiger partial charge in [0.05, 0.1) is 17.9 Å². The number of benzene rings is 2. The van der Waals surface area contributed by atoms with Crippen LogP contribution in [0.25, 0.3) is 0 Å². The zero-order valence-electron chi connectivity index (χ0n) is 19.3. The van der Waals surface area contributed by atoms with Crippen LogP contribution in [0.3, 0.4) is 0 Å². The van der Waals surface area contributed by atoms with Crippen molar-refractivity contribution in [2.75, 3.05) is 17.7 Å². The van der Waals surface area contributed by atoms with Crippen LogP contribution in [0.1, 0.15) is 41.2 Å². The van der Waals surface area contributed by atoms with Crippen LogP contribution < -0.4 is 10.1 Å². The lowest BCUT2D eigenvalue weighted by atomic mass is 10.1. The van der Waals surface area contributed by atoms with Crippen LogP contribution in [-0.4, -0.2) is 39.0 Å². The molecule has 0 unspecified atom stereocenters. The van der Waals surface area contributed by atoms with Crippen LogP contribution in [0, 0.1) is 13.8 Å². The van der Waals surface area contributed by atoms with Gasteiger partial charge in [-0.05, 0) is 69.2 Å². The van der Waals surface area contributed by atoms with Crippen molar-refractivity contribution in [1.29, 1.82) is 0 Å². The predicted octanol–water partition coefficient (Wildman–Crippen LogP) is 4.40. The van der Waals surface area contributed by atoms with E-state index >= 15 is 0 Å². The molecule has 0 saturated heterocycles. The van der Waals surface area contributed by atoms with Gasteiger partial charge in [-0.3, -0.25) is 4.79 Å². The van der Waals surface area contributed by atoms with E-state index in [1.54, 1.807) is 31.2 Å². The Bertz CT molecular complexity index is 1110. The third-order valence-electron chi connectivity index (χ3n) is 4.82. The summed E-state index contributed by atoms with van der Waals surface area (Å²) >= 11 is 1.31. The van der Waals surface area contributed by atoms with E-state index in [4.69, 9.17) is 9.47 Å². The summed E-state index contributed by atoms with van der Waals surface area (Å²) in [5.41, 5.74) is 3.24. The normalized spacial score (nSPS) is 10.7. The highest BCUT2D eigenvalue weighted by Gasteiger charge is 2.15. The van der Waals surface area contributed by atoms with E-state index in [0.29, 0.717) is 42.0 Å². The lowest BCUT2D eigenvalue weighted by molar-refractivity contribution is -0.113. The molecule has 1 N–H and O–H groups in total. The first-order chi connectivity index (χ1) is 15.9. The molecule has 1 aromatic heterocycles. The number of hydrogen-bond donors (Lipinski definition) is 1. The molecule has 0 aliphatic heterocycles. The molecular weight excluding hydrogens is 440 g/mol. The average molecular weight is 469 g/mol. The number of carbonyl (C=O) groups excluding carboxylic acids is 2. The van der Waals surface area contributed by atoms with Crippen molar-refractivity contribution in [1.82, 2.24) is 14.8 Å². The summed E-state index contributed by atoms with van der Waals surface area (Å²) < 4.78 is 12.9. The minimum absolute atomic E-state index is 0.176. The number of esters is 1. The summed E-state index contributed by atoms with van der Waals surface area (Å²) in [5.74, 6) is 1.14. The molecule has 8 nitrogen and oxygen atoms in total. The van der Waals surface area contributed by atoms with E-state index in [0.717, 1.165) is 16.9 Å². The van der Waals surface area contributed by atoms with Gasteiger partial charge in [-0.25, -0.2) is 4.79 Å². The molecule has 174 valence electrons. The Morgan fingerprint density at radius 2 is 1.82 bits per heavy atom. The van der Waals surface area contributed by atoms with Crippen LogP contribution in [0.5, 0.6) is 5.75 Å². The fourth-order valence-electron chi connectivity index (χ4n) is 3.09. The fraction of sp³-hybridized carbons (Fsp3) is 0.333. The highest BCUT2D eigenvalue weighted by atomic mass is 32.2. The number of anilines is 1. The summed E-state index contributed by atoms with van der Waals surface area (Å²) in [5, 5.41) is 12.0. The summed E-state index contributed by atoms with van der Waals surface area (Å²) in [6.07, 6.45) is 0. The van der Waals surface area contributed by atoms with E-state index in [2.05, 4.69) is 15.5 Å². The van der Waals surface area contributed by atoms with Crippen LogP contribution >= 0.6 is 11.8 Å². The lowest BCUT2D eigenvalue weighted by Crippen LogP contribution is -2.15. The van der Waals surface area contributed by atoms with Gasteiger partial charge in [-0.1, -0.05) is 23.9 Å². The summed E-state index contributed by atoms with van der Waals surface area (Å²) in [6, 6.07) is 12.7. The van der Waals surface area contributed by atoms with E-state index in [1.165, 1.54) is 11.8 Å². The maximum atomic E-state index is 12.4. The van der Waals surface area contributed by atoms with Crippen LogP contribution in [0.2, 0.25) is 0 Å². The number of rotatable bonds is 10. The van der Waals surface area contributed by atoms with Crippen LogP contribution in [-0.2, 0) is 22.7 Å². The van der Waals surface area contributed by atoms with Gasteiger partial charge in [0.1, 0.15) is 12.4 Å². The van der Waals surface area contributed by atoms with E-state index in [9.17, 15) is 9.59 Å². The zero-order chi connectivity index (χ0) is 23.8. The van der Waals surface area contributed by atoms with Gasteiger partial charge < -0.3 is 19.4 Å². The van der Waals surface area contributed by atoms with Gasteiger partial charge in [0.25, 0.3) is 0 Å². The Morgan fingerprint density at radius 1 is 1.06 bits per heavy atom. The first-order valence-electron chi connectivity index (χ1n) is 10.7. The van der Waals surface area contributed by atoms with E-state index in [1.807, 2.05) is 43.5 Å². The van der Waals surface area contributed by atoms with Crippen molar-refractivity contribution in [2.24, 2.45) is 0 Å².